The highest BCUT2D eigenvalue weighted by Gasteiger charge is 2.41. The van der Waals surface area contributed by atoms with Gasteiger partial charge in [-0.1, -0.05) is 18.5 Å². The molecule has 0 aromatic carbocycles. The first-order chi connectivity index (χ1) is 12.1. The second-order valence-corrected chi connectivity index (χ2v) is 7.50. The molecule has 2 fully saturated rings. The number of hydrogen-bond donors (Lipinski definition) is 0. The van der Waals surface area contributed by atoms with Crippen molar-refractivity contribution in [2.24, 2.45) is 5.41 Å². The van der Waals surface area contributed by atoms with Gasteiger partial charge in [-0.2, -0.15) is 9.97 Å². The summed E-state index contributed by atoms with van der Waals surface area (Å²) < 4.78 is 20.4. The van der Waals surface area contributed by atoms with Crippen molar-refractivity contribution in [3.8, 4) is 6.01 Å². The maximum absolute atomic E-state index is 14.5. The van der Waals surface area contributed by atoms with Gasteiger partial charge in [0, 0.05) is 24.7 Å². The SMILES string of the molecule is CCC1(COc2nc(N3CCCCC3)c3cnc(Cl)c(F)c3n2)CC1. The highest BCUT2D eigenvalue weighted by Crippen LogP contribution is 2.48. The van der Waals surface area contributed by atoms with E-state index in [1.54, 1.807) is 6.20 Å². The minimum atomic E-state index is -0.610. The van der Waals surface area contributed by atoms with E-state index in [0.29, 0.717) is 17.8 Å². The minimum Gasteiger partial charge on any atom is -0.463 e. The Hall–Kier alpha value is -1.69. The standard InChI is InChI=1S/C18H22ClFN4O/c1-2-18(6-7-18)11-25-17-22-14-12(10-21-15(19)13(14)20)16(23-17)24-8-4-3-5-9-24/h10H,2-9,11H2,1H3. The fourth-order valence-corrected chi connectivity index (χ4v) is 3.54. The van der Waals surface area contributed by atoms with Gasteiger partial charge >= 0.3 is 6.01 Å². The molecule has 1 aliphatic carbocycles. The zero-order valence-corrected chi connectivity index (χ0v) is 15.2. The molecule has 0 spiro atoms. The summed E-state index contributed by atoms with van der Waals surface area (Å²) in [6, 6.07) is 0.231. The number of hydrogen-bond acceptors (Lipinski definition) is 5. The van der Waals surface area contributed by atoms with Crippen molar-refractivity contribution in [2.45, 2.75) is 45.4 Å². The van der Waals surface area contributed by atoms with E-state index in [4.69, 9.17) is 16.3 Å². The molecule has 0 radical (unpaired) electrons. The summed E-state index contributed by atoms with van der Waals surface area (Å²) in [4.78, 5) is 15.0. The molecule has 3 heterocycles. The average molecular weight is 365 g/mol. The molecular weight excluding hydrogens is 343 g/mol. The van der Waals surface area contributed by atoms with Crippen molar-refractivity contribution in [2.75, 3.05) is 24.6 Å². The molecule has 25 heavy (non-hydrogen) atoms. The lowest BCUT2D eigenvalue weighted by Crippen LogP contribution is -2.30. The first-order valence-electron chi connectivity index (χ1n) is 9.01. The highest BCUT2D eigenvalue weighted by molar-refractivity contribution is 6.30. The number of fused-ring (bicyclic) bond motifs is 1. The van der Waals surface area contributed by atoms with Crippen LogP contribution in [0.5, 0.6) is 6.01 Å². The van der Waals surface area contributed by atoms with Crippen LogP contribution in [-0.2, 0) is 0 Å². The topological polar surface area (TPSA) is 51.1 Å². The van der Waals surface area contributed by atoms with Crippen molar-refractivity contribution < 1.29 is 9.13 Å². The summed E-state index contributed by atoms with van der Waals surface area (Å²) in [6.07, 6.45) is 8.38. The molecule has 0 N–H and O–H groups in total. The predicted molar refractivity (Wildman–Crippen MR) is 95.8 cm³/mol. The van der Waals surface area contributed by atoms with Crippen LogP contribution in [0.3, 0.4) is 0 Å². The zero-order valence-electron chi connectivity index (χ0n) is 14.4. The number of halogens is 2. The van der Waals surface area contributed by atoms with Crippen LogP contribution in [0.15, 0.2) is 6.20 Å². The maximum Gasteiger partial charge on any atom is 0.319 e. The van der Waals surface area contributed by atoms with Crippen LogP contribution in [0.25, 0.3) is 10.9 Å². The van der Waals surface area contributed by atoms with Crippen molar-refractivity contribution in [1.29, 1.82) is 0 Å². The smallest absolute Gasteiger partial charge is 0.319 e. The van der Waals surface area contributed by atoms with Crippen molar-refractivity contribution in [3.05, 3.63) is 17.2 Å². The first kappa shape index (κ1) is 16.8. The van der Waals surface area contributed by atoms with Gasteiger partial charge in [0.1, 0.15) is 11.3 Å². The third-order valence-corrected chi connectivity index (χ3v) is 5.73. The van der Waals surface area contributed by atoms with Gasteiger partial charge in [-0.05, 0) is 38.5 Å². The quantitative estimate of drug-likeness (QED) is 0.737. The van der Waals surface area contributed by atoms with E-state index in [1.165, 1.54) is 19.3 Å². The van der Waals surface area contributed by atoms with E-state index < -0.39 is 5.82 Å². The van der Waals surface area contributed by atoms with Gasteiger partial charge < -0.3 is 9.64 Å². The molecule has 1 saturated heterocycles. The van der Waals surface area contributed by atoms with Crippen LogP contribution in [0, 0.1) is 11.2 Å². The second kappa shape index (κ2) is 6.56. The number of piperidine rings is 1. The van der Waals surface area contributed by atoms with Crippen LogP contribution < -0.4 is 9.64 Å². The van der Waals surface area contributed by atoms with E-state index >= 15 is 0 Å². The molecule has 7 heteroatoms. The third kappa shape index (κ3) is 3.24. The second-order valence-electron chi connectivity index (χ2n) is 7.14. The molecule has 0 bridgehead atoms. The first-order valence-corrected chi connectivity index (χ1v) is 9.39. The molecule has 2 aromatic heterocycles. The summed E-state index contributed by atoms with van der Waals surface area (Å²) >= 11 is 5.86. The summed E-state index contributed by atoms with van der Waals surface area (Å²) in [7, 11) is 0. The van der Waals surface area contributed by atoms with Gasteiger partial charge in [0.15, 0.2) is 11.0 Å². The van der Waals surface area contributed by atoms with Crippen molar-refractivity contribution in [3.63, 3.8) is 0 Å². The Morgan fingerprint density at radius 3 is 2.68 bits per heavy atom. The summed E-state index contributed by atoms with van der Waals surface area (Å²) in [5, 5.41) is 0.418. The predicted octanol–water partition coefficient (Wildman–Crippen LogP) is 4.38. The molecule has 1 saturated carbocycles. The van der Waals surface area contributed by atoms with E-state index in [2.05, 4.69) is 26.8 Å². The molecule has 134 valence electrons. The van der Waals surface area contributed by atoms with Crippen LogP contribution in [0.2, 0.25) is 5.15 Å². The lowest BCUT2D eigenvalue weighted by atomic mass is 10.1. The number of aromatic nitrogens is 3. The van der Waals surface area contributed by atoms with E-state index in [-0.39, 0.29) is 22.1 Å². The summed E-state index contributed by atoms with van der Waals surface area (Å²) in [6.45, 7) is 4.54. The van der Waals surface area contributed by atoms with Gasteiger partial charge in [0.2, 0.25) is 0 Å². The highest BCUT2D eigenvalue weighted by atomic mass is 35.5. The number of pyridine rings is 1. The normalized spacial score (nSPS) is 19.2. The Kier molecular flexibility index (Phi) is 4.40. The maximum atomic E-state index is 14.5. The molecule has 5 nitrogen and oxygen atoms in total. The van der Waals surface area contributed by atoms with E-state index in [9.17, 15) is 4.39 Å². The Bertz CT molecular complexity index is 790. The Balaban J connectivity index is 1.73. The van der Waals surface area contributed by atoms with Crippen LogP contribution in [-0.4, -0.2) is 34.6 Å². The number of rotatable bonds is 5. The van der Waals surface area contributed by atoms with Crippen molar-refractivity contribution in [1.82, 2.24) is 15.0 Å². The van der Waals surface area contributed by atoms with E-state index in [0.717, 1.165) is 32.4 Å². The van der Waals surface area contributed by atoms with Gasteiger partial charge in [-0.15, -0.1) is 0 Å². The minimum absolute atomic E-state index is 0.172. The fourth-order valence-electron chi connectivity index (χ4n) is 3.41. The molecule has 0 unspecified atom stereocenters. The number of ether oxygens (including phenoxy) is 1. The molecule has 2 aromatic rings. The zero-order chi connectivity index (χ0) is 17.4. The summed E-state index contributed by atoms with van der Waals surface area (Å²) in [5.74, 6) is 0.0883. The van der Waals surface area contributed by atoms with E-state index in [1.807, 2.05) is 0 Å². The molecule has 0 amide bonds. The molecule has 2 aliphatic rings. The fraction of sp³-hybridized carbons (Fsp3) is 0.611. The monoisotopic (exact) mass is 364 g/mol. The van der Waals surface area contributed by atoms with Gasteiger partial charge in [-0.3, -0.25) is 0 Å². The van der Waals surface area contributed by atoms with Crippen LogP contribution in [0.4, 0.5) is 10.2 Å². The largest absolute Gasteiger partial charge is 0.463 e. The van der Waals surface area contributed by atoms with Crippen molar-refractivity contribution >= 4 is 28.3 Å². The molecular formula is C18H22ClFN4O. The van der Waals surface area contributed by atoms with Gasteiger partial charge in [0.25, 0.3) is 0 Å². The lowest BCUT2D eigenvalue weighted by molar-refractivity contribution is 0.214. The number of anilines is 1. The molecule has 0 atom stereocenters. The van der Waals surface area contributed by atoms with Crippen LogP contribution in [0.1, 0.15) is 45.4 Å². The third-order valence-electron chi connectivity index (χ3n) is 5.47. The van der Waals surface area contributed by atoms with Gasteiger partial charge in [-0.25, -0.2) is 9.37 Å². The van der Waals surface area contributed by atoms with Gasteiger partial charge in [0.05, 0.1) is 12.0 Å². The average Bonchev–Trinajstić information content (AvgIpc) is 3.44. The number of nitrogens with zero attached hydrogens (tertiary/aromatic N) is 4. The molecule has 4 rings (SSSR count). The lowest BCUT2D eigenvalue weighted by Gasteiger charge is -2.28. The molecule has 1 aliphatic heterocycles. The summed E-state index contributed by atoms with van der Waals surface area (Å²) in [5.41, 5.74) is 0.435. The Morgan fingerprint density at radius 2 is 2.00 bits per heavy atom. The van der Waals surface area contributed by atoms with Crippen LogP contribution >= 0.6 is 11.6 Å². The Labute approximate surface area is 151 Å². The Morgan fingerprint density at radius 1 is 1.24 bits per heavy atom.